The molecular weight excluding hydrogens is 330 g/mol. The molecule has 2 amide bonds. The number of nitrogens with zero attached hydrogens (tertiary/aromatic N) is 2. The number of carbonyl (C=O) groups is 2. The Bertz CT molecular complexity index is 618. The summed E-state index contributed by atoms with van der Waals surface area (Å²) in [5.41, 5.74) is 8.14. The minimum atomic E-state index is -0.456. The Kier molecular flexibility index (Phi) is 6.27. The molecule has 2 N–H and O–H groups in total. The number of benzene rings is 1. The van der Waals surface area contributed by atoms with Gasteiger partial charge in [0.05, 0.1) is 6.04 Å². The van der Waals surface area contributed by atoms with Gasteiger partial charge in [-0.05, 0) is 42.9 Å². The number of carbonyl (C=O) groups excluding carboxylic acids is 2. The number of amides is 2. The summed E-state index contributed by atoms with van der Waals surface area (Å²) in [4.78, 5) is 28.9. The van der Waals surface area contributed by atoms with E-state index in [1.807, 2.05) is 34.1 Å². The van der Waals surface area contributed by atoms with Gasteiger partial charge in [-0.15, -0.1) is 0 Å². The molecule has 0 bridgehead atoms. The average Bonchev–Trinajstić information content (AvgIpc) is 2.73. The van der Waals surface area contributed by atoms with Gasteiger partial charge in [0, 0.05) is 45.0 Å². The molecule has 26 heavy (non-hydrogen) atoms. The molecule has 1 atom stereocenters. The first-order valence-electron chi connectivity index (χ1n) is 9.60. The number of piperazine rings is 1. The third-order valence-electron chi connectivity index (χ3n) is 5.55. The van der Waals surface area contributed by atoms with Gasteiger partial charge in [0.1, 0.15) is 0 Å². The highest BCUT2D eigenvalue weighted by Gasteiger charge is 2.32. The predicted octanol–water partition coefficient (Wildman–Crippen LogP) is 1.29. The summed E-state index contributed by atoms with van der Waals surface area (Å²) >= 11 is 0. The number of hydrogen-bond acceptors (Lipinski definition) is 4. The van der Waals surface area contributed by atoms with Crippen LogP contribution in [0.1, 0.15) is 35.7 Å². The molecule has 1 unspecified atom stereocenters. The molecule has 0 spiro atoms. The molecule has 0 aliphatic carbocycles. The molecule has 1 aromatic rings. The van der Waals surface area contributed by atoms with E-state index in [4.69, 9.17) is 10.5 Å². The SMILES string of the molecule is CCc1ccc(C(=O)N2CCN(C(=O)C(N)C3CCOCC3)CC2)cc1. The maximum absolute atomic E-state index is 12.7. The summed E-state index contributed by atoms with van der Waals surface area (Å²) in [7, 11) is 0. The van der Waals surface area contributed by atoms with Crippen LogP contribution in [-0.2, 0) is 16.0 Å². The second kappa shape index (κ2) is 8.64. The zero-order valence-corrected chi connectivity index (χ0v) is 15.5. The molecule has 6 heteroatoms. The number of ether oxygens (including phenoxy) is 1. The van der Waals surface area contributed by atoms with Crippen LogP contribution in [0.5, 0.6) is 0 Å². The molecule has 0 aromatic heterocycles. The van der Waals surface area contributed by atoms with Crippen molar-refractivity contribution in [2.75, 3.05) is 39.4 Å². The van der Waals surface area contributed by atoms with Crippen molar-refractivity contribution in [3.05, 3.63) is 35.4 Å². The summed E-state index contributed by atoms with van der Waals surface area (Å²) in [5.74, 6) is 0.248. The summed E-state index contributed by atoms with van der Waals surface area (Å²) < 4.78 is 5.35. The second-order valence-electron chi connectivity index (χ2n) is 7.14. The highest BCUT2D eigenvalue weighted by Crippen LogP contribution is 2.20. The lowest BCUT2D eigenvalue weighted by molar-refractivity contribution is -0.136. The van der Waals surface area contributed by atoms with Crippen LogP contribution in [0, 0.1) is 5.92 Å². The van der Waals surface area contributed by atoms with E-state index in [2.05, 4.69) is 6.92 Å². The summed E-state index contributed by atoms with van der Waals surface area (Å²) in [6.45, 7) is 5.68. The molecule has 1 aromatic carbocycles. The topological polar surface area (TPSA) is 75.9 Å². The fraction of sp³-hybridized carbons (Fsp3) is 0.600. The van der Waals surface area contributed by atoms with E-state index in [1.54, 1.807) is 0 Å². The minimum Gasteiger partial charge on any atom is -0.381 e. The van der Waals surface area contributed by atoms with Crippen molar-refractivity contribution in [2.45, 2.75) is 32.2 Å². The van der Waals surface area contributed by atoms with E-state index in [1.165, 1.54) is 5.56 Å². The van der Waals surface area contributed by atoms with Gasteiger partial charge >= 0.3 is 0 Å². The molecular formula is C20H29N3O3. The lowest BCUT2D eigenvalue weighted by atomic mass is 9.91. The number of aryl methyl sites for hydroxylation is 1. The molecule has 2 aliphatic heterocycles. The Morgan fingerprint density at radius 1 is 1.08 bits per heavy atom. The van der Waals surface area contributed by atoms with E-state index in [0.717, 1.165) is 19.3 Å². The molecule has 3 rings (SSSR count). The highest BCUT2D eigenvalue weighted by molar-refractivity contribution is 5.94. The Hall–Kier alpha value is -1.92. The normalized spacial score (nSPS) is 20.1. The van der Waals surface area contributed by atoms with Crippen molar-refractivity contribution >= 4 is 11.8 Å². The van der Waals surface area contributed by atoms with Gasteiger partial charge < -0.3 is 20.3 Å². The summed E-state index contributed by atoms with van der Waals surface area (Å²) in [6.07, 6.45) is 2.65. The Morgan fingerprint density at radius 2 is 1.65 bits per heavy atom. The van der Waals surface area contributed by atoms with Crippen molar-refractivity contribution in [3.63, 3.8) is 0 Å². The van der Waals surface area contributed by atoms with Gasteiger partial charge in [0.2, 0.25) is 5.91 Å². The molecule has 0 radical (unpaired) electrons. The molecule has 2 heterocycles. The van der Waals surface area contributed by atoms with Crippen molar-refractivity contribution in [2.24, 2.45) is 11.7 Å². The number of rotatable bonds is 4. The van der Waals surface area contributed by atoms with E-state index in [0.29, 0.717) is 45.0 Å². The van der Waals surface area contributed by atoms with E-state index in [9.17, 15) is 9.59 Å². The Morgan fingerprint density at radius 3 is 2.23 bits per heavy atom. The third-order valence-corrected chi connectivity index (χ3v) is 5.55. The van der Waals surface area contributed by atoms with Gasteiger partial charge in [-0.25, -0.2) is 0 Å². The van der Waals surface area contributed by atoms with E-state index < -0.39 is 6.04 Å². The maximum Gasteiger partial charge on any atom is 0.253 e. The second-order valence-corrected chi connectivity index (χ2v) is 7.14. The van der Waals surface area contributed by atoms with Crippen LogP contribution in [0.3, 0.4) is 0 Å². The number of hydrogen-bond donors (Lipinski definition) is 1. The first-order chi connectivity index (χ1) is 12.6. The van der Waals surface area contributed by atoms with Crippen LogP contribution >= 0.6 is 0 Å². The highest BCUT2D eigenvalue weighted by atomic mass is 16.5. The molecule has 142 valence electrons. The zero-order valence-electron chi connectivity index (χ0n) is 15.5. The quantitative estimate of drug-likeness (QED) is 0.879. The van der Waals surface area contributed by atoms with Crippen LogP contribution in [0.4, 0.5) is 0 Å². The largest absolute Gasteiger partial charge is 0.381 e. The third kappa shape index (κ3) is 4.24. The maximum atomic E-state index is 12.7. The van der Waals surface area contributed by atoms with Crippen LogP contribution in [0.15, 0.2) is 24.3 Å². The first-order valence-corrected chi connectivity index (χ1v) is 9.60. The minimum absolute atomic E-state index is 0.0105. The Balaban J connectivity index is 1.52. The van der Waals surface area contributed by atoms with Gasteiger partial charge in [0.25, 0.3) is 5.91 Å². The molecule has 2 saturated heterocycles. The van der Waals surface area contributed by atoms with Gasteiger partial charge in [-0.1, -0.05) is 19.1 Å². The number of nitrogens with two attached hydrogens (primary N) is 1. The first kappa shape index (κ1) is 18.9. The van der Waals surface area contributed by atoms with Crippen molar-refractivity contribution in [1.82, 2.24) is 9.80 Å². The van der Waals surface area contributed by atoms with Crippen molar-refractivity contribution < 1.29 is 14.3 Å². The smallest absolute Gasteiger partial charge is 0.253 e. The summed E-state index contributed by atoms with van der Waals surface area (Å²) in [5, 5.41) is 0. The van der Waals surface area contributed by atoms with E-state index >= 15 is 0 Å². The molecule has 2 fully saturated rings. The zero-order chi connectivity index (χ0) is 18.5. The lowest BCUT2D eigenvalue weighted by Gasteiger charge is -2.37. The molecule has 0 saturated carbocycles. The van der Waals surface area contributed by atoms with Crippen LogP contribution in [0.25, 0.3) is 0 Å². The van der Waals surface area contributed by atoms with Gasteiger partial charge in [-0.2, -0.15) is 0 Å². The monoisotopic (exact) mass is 359 g/mol. The lowest BCUT2D eigenvalue weighted by Crippen LogP contribution is -2.56. The van der Waals surface area contributed by atoms with Crippen molar-refractivity contribution in [3.8, 4) is 0 Å². The average molecular weight is 359 g/mol. The van der Waals surface area contributed by atoms with Crippen LogP contribution in [-0.4, -0.2) is 67.0 Å². The molecule has 2 aliphatic rings. The standard InChI is InChI=1S/C20H29N3O3/c1-2-15-3-5-17(6-4-15)19(24)22-9-11-23(12-10-22)20(25)18(21)16-7-13-26-14-8-16/h3-6,16,18H,2,7-14,21H2,1H3. The van der Waals surface area contributed by atoms with Crippen LogP contribution < -0.4 is 5.73 Å². The fourth-order valence-corrected chi connectivity index (χ4v) is 3.68. The Labute approximate surface area is 155 Å². The fourth-order valence-electron chi connectivity index (χ4n) is 3.68. The van der Waals surface area contributed by atoms with Crippen LogP contribution in [0.2, 0.25) is 0 Å². The van der Waals surface area contributed by atoms with E-state index in [-0.39, 0.29) is 17.7 Å². The summed E-state index contributed by atoms with van der Waals surface area (Å²) in [6, 6.07) is 7.32. The van der Waals surface area contributed by atoms with Crippen molar-refractivity contribution in [1.29, 1.82) is 0 Å². The van der Waals surface area contributed by atoms with Gasteiger partial charge in [0.15, 0.2) is 0 Å². The van der Waals surface area contributed by atoms with Gasteiger partial charge in [-0.3, -0.25) is 9.59 Å². The predicted molar refractivity (Wildman–Crippen MR) is 99.8 cm³/mol. The molecule has 6 nitrogen and oxygen atoms in total.